The molecule has 0 aliphatic carbocycles. The zero-order chi connectivity index (χ0) is 15.0. The van der Waals surface area contributed by atoms with Gasteiger partial charge >= 0.3 is 0 Å². The van der Waals surface area contributed by atoms with Crippen molar-refractivity contribution in [3.63, 3.8) is 0 Å². The van der Waals surface area contributed by atoms with Gasteiger partial charge in [-0.05, 0) is 31.9 Å². The quantitative estimate of drug-likeness (QED) is 0.809. The first-order valence-corrected chi connectivity index (χ1v) is 7.60. The second-order valence-electron chi connectivity index (χ2n) is 5.64. The fourth-order valence-corrected chi connectivity index (χ4v) is 3.19. The van der Waals surface area contributed by atoms with E-state index in [0.717, 1.165) is 18.9 Å². The highest BCUT2D eigenvalue weighted by Gasteiger charge is 2.34. The molecule has 1 aromatic carbocycles. The first-order valence-electron chi connectivity index (χ1n) is 7.06. The number of aromatic nitrogens is 2. The maximum Gasteiger partial charge on any atom is 0.184 e. The summed E-state index contributed by atoms with van der Waals surface area (Å²) in [6.07, 6.45) is 2.00. The number of hydrogen-bond donors (Lipinski definition) is 0. The molecule has 3 nitrogen and oxygen atoms in total. The number of halogens is 3. The molecule has 0 bridgehead atoms. The highest BCUT2D eigenvalue weighted by molar-refractivity contribution is 6.17. The van der Waals surface area contributed by atoms with Crippen LogP contribution in [-0.2, 0) is 16.7 Å². The highest BCUT2D eigenvalue weighted by Crippen LogP contribution is 2.35. The van der Waals surface area contributed by atoms with Gasteiger partial charge in [-0.15, -0.1) is 11.6 Å². The summed E-state index contributed by atoms with van der Waals surface area (Å²) in [4.78, 5) is 4.46. The predicted octanol–water partition coefficient (Wildman–Crippen LogP) is 3.62. The average Bonchev–Trinajstić information content (AvgIpc) is 2.84. The van der Waals surface area contributed by atoms with Crippen LogP contribution in [0, 0.1) is 11.6 Å². The summed E-state index contributed by atoms with van der Waals surface area (Å²) >= 11 is 5.85. The minimum absolute atomic E-state index is 0.236. The van der Waals surface area contributed by atoms with Crippen molar-refractivity contribution in [3.05, 3.63) is 29.6 Å². The predicted molar refractivity (Wildman–Crippen MR) is 77.8 cm³/mol. The van der Waals surface area contributed by atoms with Crippen molar-refractivity contribution in [2.24, 2.45) is 0 Å². The van der Waals surface area contributed by atoms with Gasteiger partial charge in [-0.3, -0.25) is 0 Å². The van der Waals surface area contributed by atoms with Gasteiger partial charge in [0.25, 0.3) is 0 Å². The molecule has 1 aliphatic heterocycles. The van der Waals surface area contributed by atoms with Crippen molar-refractivity contribution in [1.82, 2.24) is 9.55 Å². The first-order chi connectivity index (χ1) is 10.1. The molecule has 0 amide bonds. The van der Waals surface area contributed by atoms with E-state index in [9.17, 15) is 8.78 Å². The molecular weight excluding hydrogens is 298 g/mol. The van der Waals surface area contributed by atoms with E-state index in [1.54, 1.807) is 0 Å². The van der Waals surface area contributed by atoms with Crippen molar-refractivity contribution in [1.29, 1.82) is 0 Å². The lowest BCUT2D eigenvalue weighted by atomic mass is 9.91. The Morgan fingerprint density at radius 2 is 2.05 bits per heavy atom. The van der Waals surface area contributed by atoms with Crippen LogP contribution >= 0.6 is 11.6 Å². The van der Waals surface area contributed by atoms with Crippen molar-refractivity contribution in [2.45, 2.75) is 31.7 Å². The molecule has 2 heterocycles. The van der Waals surface area contributed by atoms with E-state index in [1.807, 2.05) is 11.5 Å². The molecule has 6 heteroatoms. The van der Waals surface area contributed by atoms with Crippen LogP contribution in [0.3, 0.4) is 0 Å². The third kappa shape index (κ3) is 2.42. The highest BCUT2D eigenvalue weighted by atomic mass is 35.5. The molecule has 2 aromatic rings. The van der Waals surface area contributed by atoms with E-state index >= 15 is 0 Å². The lowest BCUT2D eigenvalue weighted by molar-refractivity contribution is 0.0299. The Labute approximate surface area is 126 Å². The molecule has 1 fully saturated rings. The number of fused-ring (bicyclic) bond motifs is 1. The Morgan fingerprint density at radius 1 is 1.33 bits per heavy atom. The van der Waals surface area contributed by atoms with Crippen LogP contribution < -0.4 is 0 Å². The Balaban J connectivity index is 2.26. The van der Waals surface area contributed by atoms with E-state index in [2.05, 4.69) is 4.98 Å². The second-order valence-corrected chi connectivity index (χ2v) is 6.02. The van der Waals surface area contributed by atoms with Gasteiger partial charge in [0.2, 0.25) is 0 Å². The Kier molecular flexibility index (Phi) is 3.88. The van der Waals surface area contributed by atoms with Gasteiger partial charge < -0.3 is 9.30 Å². The van der Waals surface area contributed by atoms with Gasteiger partial charge in [-0.1, -0.05) is 0 Å². The smallest absolute Gasteiger partial charge is 0.184 e. The molecular formula is C15H17ClF2N2O. The number of rotatable bonds is 3. The summed E-state index contributed by atoms with van der Waals surface area (Å²) in [5.41, 5.74) is 0.379. The number of ether oxygens (including phenoxy) is 1. The van der Waals surface area contributed by atoms with Gasteiger partial charge in [0.1, 0.15) is 11.3 Å². The molecule has 1 aromatic heterocycles. The minimum Gasteiger partial charge on any atom is -0.381 e. The van der Waals surface area contributed by atoms with E-state index in [4.69, 9.17) is 16.3 Å². The Hall–Kier alpha value is -1.20. The van der Waals surface area contributed by atoms with Crippen molar-refractivity contribution < 1.29 is 13.5 Å². The van der Waals surface area contributed by atoms with Crippen molar-refractivity contribution in [2.75, 3.05) is 19.1 Å². The molecule has 0 spiro atoms. The largest absolute Gasteiger partial charge is 0.381 e. The van der Waals surface area contributed by atoms with E-state index in [0.29, 0.717) is 36.9 Å². The topological polar surface area (TPSA) is 27.1 Å². The van der Waals surface area contributed by atoms with E-state index in [-0.39, 0.29) is 11.1 Å². The van der Waals surface area contributed by atoms with Gasteiger partial charge in [-0.25, -0.2) is 13.8 Å². The first kappa shape index (κ1) is 14.7. The number of alkyl halides is 1. The average molecular weight is 315 g/mol. The molecule has 21 heavy (non-hydrogen) atoms. The summed E-state index contributed by atoms with van der Waals surface area (Å²) in [6.45, 7) is 3.25. The Morgan fingerprint density at radius 3 is 2.71 bits per heavy atom. The van der Waals surface area contributed by atoms with Crippen LogP contribution in [0.1, 0.15) is 25.6 Å². The number of aryl methyl sites for hydroxylation is 1. The molecule has 0 unspecified atom stereocenters. The normalized spacial score (nSPS) is 18.3. The summed E-state index contributed by atoms with van der Waals surface area (Å²) < 4.78 is 35.2. The van der Waals surface area contributed by atoms with Crippen molar-refractivity contribution in [3.8, 4) is 0 Å². The molecule has 114 valence electrons. The molecule has 1 saturated heterocycles. The van der Waals surface area contributed by atoms with Gasteiger partial charge in [0.15, 0.2) is 11.6 Å². The van der Waals surface area contributed by atoms with Crippen LogP contribution in [0.25, 0.3) is 11.0 Å². The summed E-state index contributed by atoms with van der Waals surface area (Å²) in [7, 11) is 0. The zero-order valence-corrected chi connectivity index (χ0v) is 12.6. The van der Waals surface area contributed by atoms with Gasteiger partial charge in [0.05, 0.1) is 5.52 Å². The summed E-state index contributed by atoms with van der Waals surface area (Å²) in [5.74, 6) is -0.598. The molecule has 1 aliphatic rings. The maximum atomic E-state index is 14.3. The van der Waals surface area contributed by atoms with Gasteiger partial charge in [0, 0.05) is 31.1 Å². The van der Waals surface area contributed by atoms with Crippen molar-refractivity contribution >= 4 is 22.6 Å². The fourth-order valence-electron chi connectivity index (χ4n) is 3.02. The standard InChI is InChI=1S/C15H17ClF2N2O/c1-15(5-8-21-9-6-15)20-12(4-7-16)19-11-3-2-10(17)13(18)14(11)20/h2-3H,4-9H2,1H3. The number of nitrogens with zero attached hydrogens (tertiary/aromatic N) is 2. The Bertz CT molecular complexity index is 665. The number of benzene rings is 1. The van der Waals surface area contributed by atoms with Gasteiger partial charge in [-0.2, -0.15) is 0 Å². The van der Waals surface area contributed by atoms with Crippen LogP contribution in [0.2, 0.25) is 0 Å². The van der Waals surface area contributed by atoms with Crippen LogP contribution in [0.15, 0.2) is 12.1 Å². The minimum atomic E-state index is -0.850. The summed E-state index contributed by atoms with van der Waals surface area (Å²) in [6, 6.07) is 2.64. The van der Waals surface area contributed by atoms with Crippen LogP contribution in [0.5, 0.6) is 0 Å². The molecule has 0 radical (unpaired) electrons. The second kappa shape index (κ2) is 5.54. The van der Waals surface area contributed by atoms with Crippen LogP contribution in [0.4, 0.5) is 8.78 Å². The number of hydrogen-bond acceptors (Lipinski definition) is 2. The lowest BCUT2D eigenvalue weighted by Crippen LogP contribution is -2.38. The SMILES string of the molecule is CC1(n2c(CCCl)nc3ccc(F)c(F)c32)CCOCC1. The van der Waals surface area contributed by atoms with E-state index < -0.39 is 11.6 Å². The zero-order valence-electron chi connectivity index (χ0n) is 11.8. The molecule has 0 saturated carbocycles. The third-order valence-corrected chi connectivity index (χ3v) is 4.40. The van der Waals surface area contributed by atoms with E-state index in [1.165, 1.54) is 6.07 Å². The fraction of sp³-hybridized carbons (Fsp3) is 0.533. The molecule has 0 atom stereocenters. The number of imidazole rings is 1. The monoisotopic (exact) mass is 314 g/mol. The third-order valence-electron chi connectivity index (χ3n) is 4.21. The lowest BCUT2D eigenvalue weighted by Gasteiger charge is -2.36. The maximum absolute atomic E-state index is 14.3. The van der Waals surface area contributed by atoms with Crippen LogP contribution in [-0.4, -0.2) is 28.6 Å². The molecule has 3 rings (SSSR count). The molecule has 0 N–H and O–H groups in total. The summed E-state index contributed by atoms with van der Waals surface area (Å²) in [5, 5.41) is 0.